The van der Waals surface area contributed by atoms with Gasteiger partial charge in [0, 0.05) is 11.9 Å². The Morgan fingerprint density at radius 2 is 2.19 bits per heavy atom. The minimum atomic E-state index is -0.367. The molecule has 2 aromatic heterocycles. The van der Waals surface area contributed by atoms with Gasteiger partial charge in [-0.2, -0.15) is 0 Å². The fourth-order valence-electron chi connectivity index (χ4n) is 1.30. The van der Waals surface area contributed by atoms with Crippen molar-refractivity contribution in [1.82, 2.24) is 15.0 Å². The van der Waals surface area contributed by atoms with Gasteiger partial charge in [0.1, 0.15) is 6.33 Å². The van der Waals surface area contributed by atoms with Gasteiger partial charge in [-0.05, 0) is 25.1 Å². The van der Waals surface area contributed by atoms with E-state index in [0.717, 1.165) is 11.4 Å². The first-order valence-electron chi connectivity index (χ1n) is 4.87. The summed E-state index contributed by atoms with van der Waals surface area (Å²) in [7, 11) is 0. The Labute approximate surface area is 92.6 Å². The first kappa shape index (κ1) is 10.5. The van der Waals surface area contributed by atoms with E-state index < -0.39 is 0 Å². The van der Waals surface area contributed by atoms with Crippen molar-refractivity contribution < 1.29 is 4.39 Å². The van der Waals surface area contributed by atoms with Gasteiger partial charge in [0.25, 0.3) is 0 Å². The molecule has 0 unspecified atom stereocenters. The van der Waals surface area contributed by atoms with Crippen LogP contribution in [0.15, 0.2) is 30.7 Å². The highest BCUT2D eigenvalue weighted by molar-refractivity contribution is 5.35. The van der Waals surface area contributed by atoms with E-state index in [1.54, 1.807) is 6.07 Å². The molecule has 2 heterocycles. The molecule has 0 radical (unpaired) electrons. The molecular weight excluding hydrogens is 207 g/mol. The van der Waals surface area contributed by atoms with E-state index in [1.807, 2.05) is 13.0 Å². The molecule has 0 spiro atoms. The second-order valence-corrected chi connectivity index (χ2v) is 3.34. The minimum absolute atomic E-state index is 0.235. The van der Waals surface area contributed by atoms with E-state index in [9.17, 15) is 4.39 Å². The summed E-state index contributed by atoms with van der Waals surface area (Å²) in [4.78, 5) is 11.9. The first-order valence-corrected chi connectivity index (χ1v) is 4.87. The number of rotatable bonds is 3. The van der Waals surface area contributed by atoms with Crippen molar-refractivity contribution in [3.8, 4) is 0 Å². The molecule has 5 heteroatoms. The highest BCUT2D eigenvalue weighted by Crippen LogP contribution is 2.09. The molecule has 0 atom stereocenters. The molecule has 2 aromatic rings. The lowest BCUT2D eigenvalue weighted by atomic mass is 10.3. The van der Waals surface area contributed by atoms with Crippen molar-refractivity contribution >= 4 is 5.82 Å². The monoisotopic (exact) mass is 218 g/mol. The molecular formula is C11H11FN4. The SMILES string of the molecule is Cc1cc(CNc2ncccc2F)ncn1. The van der Waals surface area contributed by atoms with Crippen molar-refractivity contribution in [2.45, 2.75) is 13.5 Å². The Bertz CT molecular complexity index is 487. The van der Waals surface area contributed by atoms with Crippen molar-refractivity contribution in [3.05, 3.63) is 47.9 Å². The van der Waals surface area contributed by atoms with Gasteiger partial charge in [-0.3, -0.25) is 0 Å². The van der Waals surface area contributed by atoms with E-state index in [-0.39, 0.29) is 11.6 Å². The van der Waals surface area contributed by atoms with E-state index in [2.05, 4.69) is 20.3 Å². The zero-order valence-corrected chi connectivity index (χ0v) is 8.81. The van der Waals surface area contributed by atoms with Gasteiger partial charge in [0.15, 0.2) is 11.6 Å². The van der Waals surface area contributed by atoms with Crippen LogP contribution in [-0.2, 0) is 6.54 Å². The molecule has 0 aliphatic carbocycles. The van der Waals surface area contributed by atoms with Crippen molar-refractivity contribution in [2.75, 3.05) is 5.32 Å². The summed E-state index contributed by atoms with van der Waals surface area (Å²) in [6, 6.07) is 4.75. The van der Waals surface area contributed by atoms with E-state index in [1.165, 1.54) is 18.6 Å². The summed E-state index contributed by atoms with van der Waals surface area (Å²) >= 11 is 0. The summed E-state index contributed by atoms with van der Waals surface area (Å²) in [6.07, 6.45) is 3.03. The van der Waals surface area contributed by atoms with Crippen LogP contribution in [-0.4, -0.2) is 15.0 Å². The number of nitrogens with one attached hydrogen (secondary N) is 1. The van der Waals surface area contributed by atoms with Gasteiger partial charge in [-0.25, -0.2) is 19.3 Å². The molecule has 82 valence electrons. The number of anilines is 1. The second kappa shape index (κ2) is 4.65. The second-order valence-electron chi connectivity index (χ2n) is 3.34. The quantitative estimate of drug-likeness (QED) is 0.855. The van der Waals surface area contributed by atoms with Crippen molar-refractivity contribution in [1.29, 1.82) is 0 Å². The van der Waals surface area contributed by atoms with Crippen LogP contribution in [0.2, 0.25) is 0 Å². The molecule has 0 aliphatic rings. The molecule has 0 saturated carbocycles. The highest BCUT2D eigenvalue weighted by atomic mass is 19.1. The molecule has 0 aromatic carbocycles. The fourth-order valence-corrected chi connectivity index (χ4v) is 1.30. The normalized spacial score (nSPS) is 10.1. The number of aryl methyl sites for hydroxylation is 1. The van der Waals surface area contributed by atoms with E-state index >= 15 is 0 Å². The summed E-state index contributed by atoms with van der Waals surface area (Å²) in [5.41, 5.74) is 1.69. The molecule has 4 nitrogen and oxygen atoms in total. The van der Waals surface area contributed by atoms with Crippen LogP contribution in [0.5, 0.6) is 0 Å². The topological polar surface area (TPSA) is 50.7 Å². The number of halogens is 1. The first-order chi connectivity index (χ1) is 7.75. The molecule has 0 bridgehead atoms. The number of pyridine rings is 1. The standard InChI is InChI=1S/C11H11FN4/c1-8-5-9(16-7-15-8)6-14-11-10(12)3-2-4-13-11/h2-5,7H,6H2,1H3,(H,13,14). The summed E-state index contributed by atoms with van der Waals surface area (Å²) in [5, 5.41) is 2.88. The largest absolute Gasteiger partial charge is 0.362 e. The number of hydrogen-bond donors (Lipinski definition) is 1. The predicted octanol–water partition coefficient (Wildman–Crippen LogP) is 1.93. The number of nitrogens with zero attached hydrogens (tertiary/aromatic N) is 3. The Morgan fingerprint density at radius 1 is 1.31 bits per heavy atom. The smallest absolute Gasteiger partial charge is 0.165 e. The summed E-state index contributed by atoms with van der Waals surface area (Å²) in [6.45, 7) is 2.31. The van der Waals surface area contributed by atoms with Gasteiger partial charge in [0.05, 0.1) is 12.2 Å². The maximum Gasteiger partial charge on any atom is 0.165 e. The number of aromatic nitrogens is 3. The van der Waals surface area contributed by atoms with Gasteiger partial charge in [0.2, 0.25) is 0 Å². The Hall–Kier alpha value is -2.04. The Balaban J connectivity index is 2.05. The molecule has 2 rings (SSSR count). The van der Waals surface area contributed by atoms with Gasteiger partial charge >= 0.3 is 0 Å². The van der Waals surface area contributed by atoms with Crippen LogP contribution in [0.1, 0.15) is 11.4 Å². The summed E-state index contributed by atoms with van der Waals surface area (Å²) in [5.74, 6) is -0.132. The average molecular weight is 218 g/mol. The molecule has 16 heavy (non-hydrogen) atoms. The summed E-state index contributed by atoms with van der Waals surface area (Å²) < 4.78 is 13.2. The Morgan fingerprint density at radius 3 is 2.94 bits per heavy atom. The lowest BCUT2D eigenvalue weighted by Gasteiger charge is -2.05. The van der Waals surface area contributed by atoms with Crippen LogP contribution < -0.4 is 5.32 Å². The molecule has 0 fully saturated rings. The zero-order chi connectivity index (χ0) is 11.4. The van der Waals surface area contributed by atoms with Crippen LogP contribution in [0.4, 0.5) is 10.2 Å². The van der Waals surface area contributed by atoms with Gasteiger partial charge in [-0.1, -0.05) is 0 Å². The highest BCUT2D eigenvalue weighted by Gasteiger charge is 2.02. The van der Waals surface area contributed by atoms with Crippen molar-refractivity contribution in [2.24, 2.45) is 0 Å². The van der Waals surface area contributed by atoms with Crippen molar-refractivity contribution in [3.63, 3.8) is 0 Å². The average Bonchev–Trinajstić information content (AvgIpc) is 2.28. The maximum atomic E-state index is 13.2. The van der Waals surface area contributed by atoms with Gasteiger partial charge < -0.3 is 5.32 Å². The van der Waals surface area contributed by atoms with Crippen LogP contribution in [0.3, 0.4) is 0 Å². The zero-order valence-electron chi connectivity index (χ0n) is 8.81. The molecule has 0 aliphatic heterocycles. The third kappa shape index (κ3) is 2.50. The predicted molar refractivity (Wildman–Crippen MR) is 58.3 cm³/mol. The molecule has 1 N–H and O–H groups in total. The van der Waals surface area contributed by atoms with E-state index in [4.69, 9.17) is 0 Å². The third-order valence-corrected chi connectivity index (χ3v) is 2.06. The lowest BCUT2D eigenvalue weighted by Crippen LogP contribution is -2.05. The van der Waals surface area contributed by atoms with Crippen LogP contribution >= 0.6 is 0 Å². The fraction of sp³-hybridized carbons (Fsp3) is 0.182. The third-order valence-electron chi connectivity index (χ3n) is 2.06. The maximum absolute atomic E-state index is 13.2. The number of hydrogen-bond acceptors (Lipinski definition) is 4. The van der Waals surface area contributed by atoms with Crippen LogP contribution in [0.25, 0.3) is 0 Å². The minimum Gasteiger partial charge on any atom is -0.362 e. The van der Waals surface area contributed by atoms with Gasteiger partial charge in [-0.15, -0.1) is 0 Å². The molecule has 0 saturated heterocycles. The Kier molecular flexibility index (Phi) is 3.05. The lowest BCUT2D eigenvalue weighted by molar-refractivity contribution is 0.624. The van der Waals surface area contributed by atoms with E-state index in [0.29, 0.717) is 6.54 Å². The van der Waals surface area contributed by atoms with Crippen LogP contribution in [0, 0.1) is 12.7 Å². The molecule has 0 amide bonds.